The third-order valence-electron chi connectivity index (χ3n) is 3.61. The first kappa shape index (κ1) is 14.1. The predicted molar refractivity (Wildman–Crippen MR) is 83.5 cm³/mol. The third-order valence-corrected chi connectivity index (χ3v) is 4.24. The second kappa shape index (κ2) is 5.17. The van der Waals surface area contributed by atoms with Crippen molar-refractivity contribution in [3.8, 4) is 0 Å². The molecule has 0 unspecified atom stereocenters. The molecule has 1 amide bonds. The van der Waals surface area contributed by atoms with Gasteiger partial charge in [0.2, 0.25) is 5.91 Å². The Balaban J connectivity index is 2.05. The van der Waals surface area contributed by atoms with E-state index in [-0.39, 0.29) is 11.7 Å². The Kier molecular flexibility index (Phi) is 3.47. The predicted octanol–water partition coefficient (Wildman–Crippen LogP) is 3.74. The minimum atomic E-state index is -0.240. The van der Waals surface area contributed by atoms with Gasteiger partial charge < -0.3 is 4.90 Å². The standard InChI is InChI=1S/C16H11Cl2NO2/c1-19-13-6-5-9(7-10(13)8-14(19)20)16(21)15-11(17)3-2-4-12(15)18/h2-7H,8H2,1H3. The molecule has 0 aromatic heterocycles. The summed E-state index contributed by atoms with van der Waals surface area (Å²) in [5.41, 5.74) is 2.45. The minimum Gasteiger partial charge on any atom is -0.315 e. The molecule has 106 valence electrons. The molecule has 0 atom stereocenters. The van der Waals surface area contributed by atoms with Crippen LogP contribution < -0.4 is 4.90 Å². The summed E-state index contributed by atoms with van der Waals surface area (Å²) in [5.74, 6) is -0.222. The van der Waals surface area contributed by atoms with E-state index in [2.05, 4.69) is 0 Å². The number of hydrogen-bond donors (Lipinski definition) is 0. The summed E-state index contributed by atoms with van der Waals surface area (Å²) < 4.78 is 0. The van der Waals surface area contributed by atoms with Crippen LogP contribution in [0.2, 0.25) is 10.0 Å². The zero-order valence-electron chi connectivity index (χ0n) is 11.2. The Labute approximate surface area is 132 Å². The molecule has 2 aromatic carbocycles. The average molecular weight is 320 g/mol. The third kappa shape index (κ3) is 2.33. The number of nitrogens with zero attached hydrogens (tertiary/aromatic N) is 1. The van der Waals surface area contributed by atoms with Crippen LogP contribution >= 0.6 is 23.2 Å². The van der Waals surface area contributed by atoms with Gasteiger partial charge in [-0.15, -0.1) is 0 Å². The number of hydrogen-bond acceptors (Lipinski definition) is 2. The molecule has 0 fully saturated rings. The number of rotatable bonds is 2. The lowest BCUT2D eigenvalue weighted by Crippen LogP contribution is -2.20. The SMILES string of the molecule is CN1C(=O)Cc2cc(C(=O)c3c(Cl)cccc3Cl)ccc21. The molecule has 5 heteroatoms. The van der Waals surface area contributed by atoms with Gasteiger partial charge in [0.25, 0.3) is 0 Å². The van der Waals surface area contributed by atoms with E-state index in [1.807, 2.05) is 0 Å². The van der Waals surface area contributed by atoms with Crippen LogP contribution in [0, 0.1) is 0 Å². The van der Waals surface area contributed by atoms with Crippen molar-refractivity contribution in [1.82, 2.24) is 0 Å². The fraction of sp³-hybridized carbons (Fsp3) is 0.125. The van der Waals surface area contributed by atoms with Gasteiger partial charge in [0.15, 0.2) is 5.78 Å². The lowest BCUT2D eigenvalue weighted by molar-refractivity contribution is -0.117. The van der Waals surface area contributed by atoms with Crippen molar-refractivity contribution in [2.45, 2.75) is 6.42 Å². The highest BCUT2D eigenvalue weighted by Gasteiger charge is 2.25. The second-order valence-corrected chi connectivity index (χ2v) is 5.71. The fourth-order valence-electron chi connectivity index (χ4n) is 2.47. The van der Waals surface area contributed by atoms with E-state index in [4.69, 9.17) is 23.2 Å². The highest BCUT2D eigenvalue weighted by Crippen LogP contribution is 2.31. The number of fused-ring (bicyclic) bond motifs is 1. The lowest BCUT2D eigenvalue weighted by atomic mass is 10.00. The van der Waals surface area contributed by atoms with Crippen molar-refractivity contribution in [3.05, 3.63) is 63.1 Å². The zero-order chi connectivity index (χ0) is 15.1. The fourth-order valence-corrected chi connectivity index (χ4v) is 3.04. The molecule has 0 N–H and O–H groups in total. The summed E-state index contributed by atoms with van der Waals surface area (Å²) >= 11 is 12.1. The number of carbonyl (C=O) groups is 2. The second-order valence-electron chi connectivity index (χ2n) is 4.90. The van der Waals surface area contributed by atoms with Crippen LogP contribution in [0.4, 0.5) is 5.69 Å². The van der Waals surface area contributed by atoms with Crippen LogP contribution in [0.25, 0.3) is 0 Å². The first-order chi connectivity index (χ1) is 9.99. The van der Waals surface area contributed by atoms with Crippen LogP contribution in [0.5, 0.6) is 0 Å². The molecule has 2 aromatic rings. The Morgan fingerprint density at radius 3 is 2.48 bits per heavy atom. The molecule has 0 aliphatic carbocycles. The van der Waals surface area contributed by atoms with E-state index >= 15 is 0 Å². The van der Waals surface area contributed by atoms with Gasteiger partial charge >= 0.3 is 0 Å². The Morgan fingerprint density at radius 2 is 1.81 bits per heavy atom. The van der Waals surface area contributed by atoms with Crippen LogP contribution in [-0.2, 0) is 11.2 Å². The summed E-state index contributed by atoms with van der Waals surface area (Å²) in [6, 6.07) is 10.2. The topological polar surface area (TPSA) is 37.4 Å². The van der Waals surface area contributed by atoms with Gasteiger partial charge in [-0.2, -0.15) is 0 Å². The quantitative estimate of drug-likeness (QED) is 0.791. The Bertz CT molecular complexity index is 751. The van der Waals surface area contributed by atoms with E-state index < -0.39 is 0 Å². The van der Waals surface area contributed by atoms with Gasteiger partial charge in [-0.05, 0) is 35.9 Å². The lowest BCUT2D eigenvalue weighted by Gasteiger charge is -2.11. The van der Waals surface area contributed by atoms with Crippen LogP contribution in [0.3, 0.4) is 0 Å². The molecule has 1 aliphatic rings. The molecule has 0 spiro atoms. The first-order valence-corrected chi connectivity index (χ1v) is 7.13. The van der Waals surface area contributed by atoms with Gasteiger partial charge in [0.1, 0.15) is 0 Å². The molecule has 3 rings (SSSR count). The van der Waals surface area contributed by atoms with Crippen molar-refractivity contribution in [1.29, 1.82) is 0 Å². The number of likely N-dealkylation sites (N-methyl/N-ethyl adjacent to an activating group) is 1. The van der Waals surface area contributed by atoms with E-state index in [9.17, 15) is 9.59 Å². The highest BCUT2D eigenvalue weighted by molar-refractivity contribution is 6.41. The number of benzene rings is 2. The van der Waals surface area contributed by atoms with Crippen molar-refractivity contribution in [2.75, 3.05) is 11.9 Å². The van der Waals surface area contributed by atoms with Crippen molar-refractivity contribution >= 4 is 40.6 Å². The normalized spacial score (nSPS) is 13.5. The molecule has 0 bridgehead atoms. The van der Waals surface area contributed by atoms with E-state index in [0.717, 1.165) is 11.3 Å². The minimum absolute atomic E-state index is 0.0189. The van der Waals surface area contributed by atoms with E-state index in [0.29, 0.717) is 27.6 Å². The Morgan fingerprint density at radius 1 is 1.14 bits per heavy atom. The van der Waals surface area contributed by atoms with Gasteiger partial charge in [0.05, 0.1) is 22.0 Å². The van der Waals surface area contributed by atoms with Crippen LogP contribution in [0.15, 0.2) is 36.4 Å². The van der Waals surface area contributed by atoms with Crippen molar-refractivity contribution in [2.24, 2.45) is 0 Å². The van der Waals surface area contributed by atoms with Gasteiger partial charge in [-0.1, -0.05) is 29.3 Å². The molecule has 3 nitrogen and oxygen atoms in total. The summed E-state index contributed by atoms with van der Waals surface area (Å²) in [5, 5.41) is 0.641. The maximum Gasteiger partial charge on any atom is 0.231 e. The van der Waals surface area contributed by atoms with E-state index in [1.54, 1.807) is 48.3 Å². The maximum atomic E-state index is 12.6. The number of ketones is 1. The van der Waals surface area contributed by atoms with Gasteiger partial charge in [-0.3, -0.25) is 9.59 Å². The summed E-state index contributed by atoms with van der Waals surface area (Å²) in [4.78, 5) is 25.9. The molecular weight excluding hydrogens is 309 g/mol. The van der Waals surface area contributed by atoms with Gasteiger partial charge in [-0.25, -0.2) is 0 Å². The van der Waals surface area contributed by atoms with Crippen molar-refractivity contribution in [3.63, 3.8) is 0 Å². The number of anilines is 1. The molecule has 0 radical (unpaired) electrons. The largest absolute Gasteiger partial charge is 0.315 e. The van der Waals surface area contributed by atoms with Crippen molar-refractivity contribution < 1.29 is 9.59 Å². The summed E-state index contributed by atoms with van der Waals surface area (Å²) in [6.45, 7) is 0. The average Bonchev–Trinajstić information content (AvgIpc) is 2.73. The number of amides is 1. The molecule has 1 aliphatic heterocycles. The smallest absolute Gasteiger partial charge is 0.231 e. The maximum absolute atomic E-state index is 12.6. The van der Waals surface area contributed by atoms with Crippen LogP contribution in [0.1, 0.15) is 21.5 Å². The molecule has 0 saturated carbocycles. The summed E-state index contributed by atoms with van der Waals surface area (Å²) in [7, 11) is 1.72. The summed E-state index contributed by atoms with van der Waals surface area (Å²) in [6.07, 6.45) is 0.309. The highest BCUT2D eigenvalue weighted by atomic mass is 35.5. The number of carbonyl (C=O) groups excluding carboxylic acids is 2. The zero-order valence-corrected chi connectivity index (χ0v) is 12.7. The number of halogens is 2. The molecule has 21 heavy (non-hydrogen) atoms. The Hall–Kier alpha value is -1.84. The molecule has 0 saturated heterocycles. The monoisotopic (exact) mass is 319 g/mol. The van der Waals surface area contributed by atoms with Gasteiger partial charge in [0, 0.05) is 18.3 Å². The van der Waals surface area contributed by atoms with E-state index in [1.165, 1.54) is 0 Å². The molecular formula is C16H11Cl2NO2. The van der Waals surface area contributed by atoms with Crippen LogP contribution in [-0.4, -0.2) is 18.7 Å². The first-order valence-electron chi connectivity index (χ1n) is 6.37. The molecule has 1 heterocycles.